The fourth-order valence-electron chi connectivity index (χ4n) is 4.34. The molecule has 172 valence electrons. The highest BCUT2D eigenvalue weighted by molar-refractivity contribution is 8.00. The van der Waals surface area contributed by atoms with Crippen LogP contribution in [0.2, 0.25) is 0 Å². The maximum Gasteiger partial charge on any atom is 0.348 e. The van der Waals surface area contributed by atoms with Gasteiger partial charge in [0, 0.05) is 43.1 Å². The Kier molecular flexibility index (Phi) is 8.00. The highest BCUT2D eigenvalue weighted by Gasteiger charge is 2.21. The van der Waals surface area contributed by atoms with E-state index in [9.17, 15) is 9.59 Å². The summed E-state index contributed by atoms with van der Waals surface area (Å²) in [4.78, 5) is 32.1. The first kappa shape index (κ1) is 23.0. The van der Waals surface area contributed by atoms with E-state index in [0.717, 1.165) is 92.5 Å². The van der Waals surface area contributed by atoms with Crippen LogP contribution in [0.15, 0.2) is 34.1 Å². The molecule has 1 N–H and O–H groups in total. The van der Waals surface area contributed by atoms with Crippen molar-refractivity contribution in [3.05, 3.63) is 51.6 Å². The number of fused-ring (bicyclic) bond motifs is 1. The van der Waals surface area contributed by atoms with E-state index in [-0.39, 0.29) is 17.3 Å². The molecule has 4 rings (SSSR count). The minimum absolute atomic E-state index is 0.0834. The van der Waals surface area contributed by atoms with Gasteiger partial charge in [-0.15, -0.1) is 0 Å². The van der Waals surface area contributed by atoms with Crippen molar-refractivity contribution in [1.82, 2.24) is 14.5 Å². The van der Waals surface area contributed by atoms with Crippen molar-refractivity contribution in [2.24, 2.45) is 0 Å². The summed E-state index contributed by atoms with van der Waals surface area (Å²) in [5, 5.41) is 3.65. The highest BCUT2D eigenvalue weighted by atomic mass is 32.2. The second-order valence-electron chi connectivity index (χ2n) is 8.49. The minimum atomic E-state index is -0.186. The number of ether oxygens (including phenoxy) is 1. The van der Waals surface area contributed by atoms with E-state index < -0.39 is 0 Å². The lowest BCUT2D eigenvalue weighted by Gasteiger charge is -2.27. The van der Waals surface area contributed by atoms with Gasteiger partial charge in [0.25, 0.3) is 0 Å². The molecule has 0 saturated carbocycles. The molecule has 2 heterocycles. The summed E-state index contributed by atoms with van der Waals surface area (Å²) in [7, 11) is 0. The van der Waals surface area contributed by atoms with Gasteiger partial charge in [-0.1, -0.05) is 29.5 Å². The maximum atomic E-state index is 12.9. The lowest BCUT2D eigenvalue weighted by Crippen LogP contribution is -2.38. The molecule has 2 aliphatic rings. The van der Waals surface area contributed by atoms with Crippen molar-refractivity contribution in [3.8, 4) is 0 Å². The molecule has 0 unspecified atom stereocenters. The average molecular weight is 457 g/mol. The number of anilines is 1. The number of rotatable bonds is 8. The Morgan fingerprint density at radius 1 is 1.12 bits per heavy atom. The zero-order valence-electron chi connectivity index (χ0n) is 18.8. The zero-order valence-corrected chi connectivity index (χ0v) is 19.6. The van der Waals surface area contributed by atoms with Gasteiger partial charge >= 0.3 is 5.69 Å². The number of nitrogens with one attached hydrogen (secondary N) is 1. The summed E-state index contributed by atoms with van der Waals surface area (Å²) in [6.45, 7) is 7.20. The molecule has 8 heteroatoms. The smallest absolute Gasteiger partial charge is 0.348 e. The molecular weight excluding hydrogens is 424 g/mol. The molecule has 0 radical (unpaired) electrons. The fourth-order valence-corrected chi connectivity index (χ4v) is 5.22. The first-order valence-electron chi connectivity index (χ1n) is 11.5. The summed E-state index contributed by atoms with van der Waals surface area (Å²) < 4.78 is 7.29. The van der Waals surface area contributed by atoms with Crippen LogP contribution in [0.1, 0.15) is 36.1 Å². The minimum Gasteiger partial charge on any atom is -0.379 e. The molecule has 1 aromatic heterocycles. The number of hydrogen-bond donors (Lipinski definition) is 1. The summed E-state index contributed by atoms with van der Waals surface area (Å²) in [5.41, 5.74) is 4.04. The van der Waals surface area contributed by atoms with E-state index in [4.69, 9.17) is 4.74 Å². The largest absolute Gasteiger partial charge is 0.379 e. The molecule has 0 spiro atoms. The Morgan fingerprint density at radius 3 is 2.66 bits per heavy atom. The number of amides is 1. The van der Waals surface area contributed by atoms with Crippen molar-refractivity contribution >= 4 is 23.4 Å². The van der Waals surface area contributed by atoms with Gasteiger partial charge in [0.05, 0.1) is 19.0 Å². The molecule has 1 fully saturated rings. The number of thioether (sulfide) groups is 1. The first-order chi connectivity index (χ1) is 15.6. The van der Waals surface area contributed by atoms with E-state index >= 15 is 0 Å². The third kappa shape index (κ3) is 5.99. The van der Waals surface area contributed by atoms with Crippen LogP contribution in [0, 0.1) is 6.92 Å². The van der Waals surface area contributed by atoms with E-state index in [2.05, 4.69) is 15.2 Å². The number of nitrogens with zero attached hydrogens (tertiary/aromatic N) is 3. The van der Waals surface area contributed by atoms with Crippen molar-refractivity contribution in [2.75, 3.05) is 43.9 Å². The van der Waals surface area contributed by atoms with Gasteiger partial charge < -0.3 is 10.1 Å². The Balaban J connectivity index is 1.40. The van der Waals surface area contributed by atoms with Crippen molar-refractivity contribution in [1.29, 1.82) is 0 Å². The van der Waals surface area contributed by atoms with Crippen LogP contribution in [-0.2, 0) is 28.9 Å². The van der Waals surface area contributed by atoms with Crippen molar-refractivity contribution in [2.45, 2.75) is 50.6 Å². The number of morpholine rings is 1. The molecule has 1 aliphatic heterocycles. The molecule has 1 aromatic carbocycles. The van der Waals surface area contributed by atoms with Crippen molar-refractivity contribution in [3.63, 3.8) is 0 Å². The molecule has 32 heavy (non-hydrogen) atoms. The second-order valence-corrected chi connectivity index (χ2v) is 9.46. The normalized spacial score (nSPS) is 16.5. The Hall–Kier alpha value is -2.16. The monoisotopic (exact) mass is 456 g/mol. The number of carbonyl (C=O) groups is 1. The lowest BCUT2D eigenvalue weighted by atomic mass is 9.97. The fraction of sp³-hybridized carbons (Fsp3) is 0.542. The van der Waals surface area contributed by atoms with Crippen LogP contribution in [0.5, 0.6) is 0 Å². The highest BCUT2D eigenvalue weighted by Crippen LogP contribution is 2.28. The average Bonchev–Trinajstić information content (AvgIpc) is 2.81. The van der Waals surface area contributed by atoms with Crippen LogP contribution >= 0.6 is 11.8 Å². The van der Waals surface area contributed by atoms with Crippen LogP contribution < -0.4 is 11.0 Å². The first-order valence-corrected chi connectivity index (χ1v) is 12.5. The van der Waals surface area contributed by atoms with Gasteiger partial charge in [0.15, 0.2) is 0 Å². The summed E-state index contributed by atoms with van der Waals surface area (Å²) >= 11 is 1.38. The molecule has 7 nitrogen and oxygen atoms in total. The second kappa shape index (κ2) is 11.1. The van der Waals surface area contributed by atoms with Gasteiger partial charge in [-0.3, -0.25) is 14.3 Å². The van der Waals surface area contributed by atoms with Gasteiger partial charge in [-0.2, -0.15) is 4.98 Å². The van der Waals surface area contributed by atoms with E-state index in [1.165, 1.54) is 11.8 Å². The third-order valence-electron chi connectivity index (χ3n) is 6.09. The van der Waals surface area contributed by atoms with Gasteiger partial charge in [0.1, 0.15) is 5.03 Å². The van der Waals surface area contributed by atoms with Gasteiger partial charge in [-0.25, -0.2) is 4.79 Å². The lowest BCUT2D eigenvalue weighted by molar-refractivity contribution is -0.113. The topological polar surface area (TPSA) is 76.5 Å². The van der Waals surface area contributed by atoms with E-state index in [1.807, 2.05) is 35.8 Å². The molecule has 1 amide bonds. The zero-order chi connectivity index (χ0) is 22.3. The summed E-state index contributed by atoms with van der Waals surface area (Å²) in [6.07, 6.45) is 4.96. The van der Waals surface area contributed by atoms with E-state index in [0.29, 0.717) is 6.54 Å². The van der Waals surface area contributed by atoms with Crippen LogP contribution in [0.4, 0.5) is 5.69 Å². The quantitative estimate of drug-likeness (QED) is 0.486. The molecule has 0 atom stereocenters. The van der Waals surface area contributed by atoms with E-state index in [1.54, 1.807) is 0 Å². The van der Waals surface area contributed by atoms with Crippen molar-refractivity contribution < 1.29 is 9.53 Å². The third-order valence-corrected chi connectivity index (χ3v) is 7.10. The number of hydrogen-bond acceptors (Lipinski definition) is 6. The standard InChI is InChI=1S/C24H32N4O3S/c1-18-7-9-19(10-8-18)25-22(29)17-32-23-20-5-2-3-6-21(20)28(24(30)26-23)12-4-11-27-13-15-31-16-14-27/h7-10H,2-6,11-17H2,1H3,(H,25,29). The van der Waals surface area contributed by atoms with Crippen LogP contribution in [0.25, 0.3) is 0 Å². The number of aryl methyl sites for hydroxylation is 1. The molecule has 1 aliphatic carbocycles. The molecule has 1 saturated heterocycles. The number of aromatic nitrogens is 2. The van der Waals surface area contributed by atoms with Gasteiger partial charge in [-0.05, 0) is 51.2 Å². The van der Waals surface area contributed by atoms with Crippen LogP contribution in [0.3, 0.4) is 0 Å². The van der Waals surface area contributed by atoms with Gasteiger partial charge in [0.2, 0.25) is 5.91 Å². The Morgan fingerprint density at radius 2 is 1.88 bits per heavy atom. The predicted molar refractivity (Wildman–Crippen MR) is 128 cm³/mol. The molecular formula is C24H32N4O3S. The number of benzene rings is 1. The predicted octanol–water partition coefficient (Wildman–Crippen LogP) is 2.88. The summed E-state index contributed by atoms with van der Waals surface area (Å²) in [6, 6.07) is 7.74. The Labute approximate surface area is 193 Å². The molecule has 0 bridgehead atoms. The molecule has 2 aromatic rings. The SMILES string of the molecule is Cc1ccc(NC(=O)CSc2nc(=O)n(CCCN3CCOCC3)c3c2CCCC3)cc1. The number of carbonyl (C=O) groups excluding carboxylic acids is 1. The summed E-state index contributed by atoms with van der Waals surface area (Å²) in [5.74, 6) is 0.160. The Bertz CT molecular complexity index is 984. The maximum absolute atomic E-state index is 12.9. The van der Waals surface area contributed by atoms with Crippen LogP contribution in [-0.4, -0.2) is 59.0 Å².